The van der Waals surface area contributed by atoms with Crippen molar-refractivity contribution in [1.82, 2.24) is 19.3 Å². The number of hydrogen-bond acceptors (Lipinski definition) is 3. The van der Waals surface area contributed by atoms with Crippen LogP contribution in [0, 0.1) is 6.92 Å². The SMILES string of the molecule is CCCC[C@@H](c1cccnc1)N(C)C(=O)c1ccc2nc(C)cn2c1. The number of hydrogen-bond donors (Lipinski definition) is 0. The van der Waals surface area contributed by atoms with Crippen LogP contribution in [0.15, 0.2) is 49.1 Å². The molecule has 3 aromatic rings. The molecule has 1 atom stereocenters. The first-order chi connectivity index (χ1) is 12.1. The van der Waals surface area contributed by atoms with Gasteiger partial charge < -0.3 is 9.30 Å². The summed E-state index contributed by atoms with van der Waals surface area (Å²) in [6, 6.07) is 7.73. The third-order valence-electron chi connectivity index (χ3n) is 4.51. The lowest BCUT2D eigenvalue weighted by atomic mass is 10.0. The van der Waals surface area contributed by atoms with Crippen molar-refractivity contribution in [3.05, 3.63) is 65.9 Å². The Morgan fingerprint density at radius 2 is 2.12 bits per heavy atom. The van der Waals surface area contributed by atoms with Gasteiger partial charge in [-0.15, -0.1) is 0 Å². The molecule has 0 spiro atoms. The van der Waals surface area contributed by atoms with E-state index in [-0.39, 0.29) is 11.9 Å². The Hall–Kier alpha value is -2.69. The molecule has 0 bridgehead atoms. The molecule has 3 aromatic heterocycles. The first-order valence-electron chi connectivity index (χ1n) is 8.72. The smallest absolute Gasteiger partial charge is 0.255 e. The Morgan fingerprint density at radius 3 is 2.84 bits per heavy atom. The minimum Gasteiger partial charge on any atom is -0.335 e. The monoisotopic (exact) mass is 336 g/mol. The van der Waals surface area contributed by atoms with Gasteiger partial charge in [0.05, 0.1) is 17.3 Å². The fraction of sp³-hybridized carbons (Fsp3) is 0.350. The number of carbonyl (C=O) groups excluding carboxylic acids is 1. The maximum absolute atomic E-state index is 13.0. The van der Waals surface area contributed by atoms with Crippen molar-refractivity contribution in [2.45, 2.75) is 39.2 Å². The molecule has 0 radical (unpaired) electrons. The quantitative estimate of drug-likeness (QED) is 0.682. The summed E-state index contributed by atoms with van der Waals surface area (Å²) >= 11 is 0. The standard InChI is InChI=1S/C20H24N4O/c1-4-5-8-18(16-7-6-11-21-12-16)23(3)20(25)17-9-10-19-22-15(2)13-24(19)14-17/h6-7,9-14,18H,4-5,8H2,1-3H3/t18-/m0/s1. The fourth-order valence-corrected chi connectivity index (χ4v) is 3.14. The summed E-state index contributed by atoms with van der Waals surface area (Å²) in [5, 5.41) is 0. The van der Waals surface area contributed by atoms with E-state index in [1.54, 1.807) is 6.20 Å². The number of aromatic nitrogens is 3. The third kappa shape index (κ3) is 3.71. The van der Waals surface area contributed by atoms with Gasteiger partial charge in [-0.1, -0.05) is 25.8 Å². The summed E-state index contributed by atoms with van der Waals surface area (Å²) in [6.45, 7) is 4.11. The molecule has 5 heteroatoms. The van der Waals surface area contributed by atoms with Crippen molar-refractivity contribution in [2.75, 3.05) is 7.05 Å². The number of unbranched alkanes of at least 4 members (excludes halogenated alkanes) is 1. The summed E-state index contributed by atoms with van der Waals surface area (Å²) in [7, 11) is 1.87. The molecule has 0 saturated heterocycles. The van der Waals surface area contributed by atoms with Crippen LogP contribution in [0.25, 0.3) is 5.65 Å². The zero-order valence-electron chi connectivity index (χ0n) is 15.0. The second-order valence-electron chi connectivity index (χ2n) is 6.43. The highest BCUT2D eigenvalue weighted by molar-refractivity contribution is 5.94. The highest BCUT2D eigenvalue weighted by Crippen LogP contribution is 2.26. The predicted octanol–water partition coefficient (Wildman–Crippen LogP) is 4.04. The van der Waals surface area contributed by atoms with Crippen molar-refractivity contribution in [3.8, 4) is 0 Å². The van der Waals surface area contributed by atoms with Gasteiger partial charge >= 0.3 is 0 Å². The van der Waals surface area contributed by atoms with Crippen LogP contribution >= 0.6 is 0 Å². The first kappa shape index (κ1) is 17.1. The second-order valence-corrected chi connectivity index (χ2v) is 6.43. The van der Waals surface area contributed by atoms with E-state index in [0.29, 0.717) is 5.56 Å². The fourth-order valence-electron chi connectivity index (χ4n) is 3.14. The average molecular weight is 336 g/mol. The van der Waals surface area contributed by atoms with Crippen molar-refractivity contribution in [3.63, 3.8) is 0 Å². The van der Waals surface area contributed by atoms with Gasteiger partial charge in [0.1, 0.15) is 5.65 Å². The molecule has 0 aromatic carbocycles. The maximum Gasteiger partial charge on any atom is 0.255 e. The number of aryl methyl sites for hydroxylation is 1. The normalized spacial score (nSPS) is 12.3. The van der Waals surface area contributed by atoms with Crippen LogP contribution in [-0.4, -0.2) is 32.2 Å². The van der Waals surface area contributed by atoms with Gasteiger partial charge in [-0.25, -0.2) is 4.98 Å². The van der Waals surface area contributed by atoms with Crippen LogP contribution in [0.2, 0.25) is 0 Å². The van der Waals surface area contributed by atoms with Crippen LogP contribution in [0.4, 0.5) is 0 Å². The number of rotatable bonds is 6. The molecule has 0 aliphatic heterocycles. The highest BCUT2D eigenvalue weighted by atomic mass is 16.2. The second kappa shape index (κ2) is 7.47. The van der Waals surface area contributed by atoms with Crippen molar-refractivity contribution in [1.29, 1.82) is 0 Å². The van der Waals surface area contributed by atoms with Crippen LogP contribution in [0.1, 0.15) is 53.8 Å². The van der Waals surface area contributed by atoms with E-state index in [4.69, 9.17) is 0 Å². The minimum absolute atomic E-state index is 0.0122. The first-order valence-corrected chi connectivity index (χ1v) is 8.72. The summed E-state index contributed by atoms with van der Waals surface area (Å²) in [5.74, 6) is 0.0122. The van der Waals surface area contributed by atoms with Crippen LogP contribution in [0.5, 0.6) is 0 Å². The Balaban J connectivity index is 1.88. The number of carbonyl (C=O) groups is 1. The molecule has 1 amide bonds. The van der Waals surface area contributed by atoms with E-state index in [9.17, 15) is 4.79 Å². The lowest BCUT2D eigenvalue weighted by molar-refractivity contribution is 0.0719. The summed E-state index contributed by atoms with van der Waals surface area (Å²) in [5.41, 5.74) is 3.53. The molecule has 0 aliphatic rings. The van der Waals surface area contributed by atoms with Crippen molar-refractivity contribution >= 4 is 11.6 Å². The Labute approximate surface area is 148 Å². The molecular weight excluding hydrogens is 312 g/mol. The molecule has 0 unspecified atom stereocenters. The van der Waals surface area contributed by atoms with Gasteiger partial charge in [-0.2, -0.15) is 0 Å². The molecule has 25 heavy (non-hydrogen) atoms. The van der Waals surface area contributed by atoms with Crippen LogP contribution in [0.3, 0.4) is 0 Å². The molecule has 0 aliphatic carbocycles. The zero-order chi connectivity index (χ0) is 17.8. The van der Waals surface area contributed by atoms with Gasteiger partial charge in [0.15, 0.2) is 0 Å². The molecule has 130 valence electrons. The van der Waals surface area contributed by atoms with E-state index in [2.05, 4.69) is 16.9 Å². The summed E-state index contributed by atoms with van der Waals surface area (Å²) in [6.07, 6.45) is 10.5. The lowest BCUT2D eigenvalue weighted by Gasteiger charge is -2.28. The minimum atomic E-state index is 0.0122. The topological polar surface area (TPSA) is 50.5 Å². The maximum atomic E-state index is 13.0. The molecule has 5 nitrogen and oxygen atoms in total. The Kier molecular flexibility index (Phi) is 5.12. The number of amides is 1. The van der Waals surface area contributed by atoms with E-state index < -0.39 is 0 Å². The average Bonchev–Trinajstić information content (AvgIpc) is 3.01. The predicted molar refractivity (Wildman–Crippen MR) is 98.5 cm³/mol. The van der Waals surface area contributed by atoms with Gasteiger partial charge in [0.25, 0.3) is 5.91 Å². The Bertz CT molecular complexity index is 857. The van der Waals surface area contributed by atoms with Crippen LogP contribution in [-0.2, 0) is 0 Å². The molecule has 0 saturated carbocycles. The van der Waals surface area contributed by atoms with E-state index in [0.717, 1.165) is 36.2 Å². The zero-order valence-corrected chi connectivity index (χ0v) is 15.0. The van der Waals surface area contributed by atoms with Crippen molar-refractivity contribution < 1.29 is 4.79 Å². The number of imidazole rings is 1. The van der Waals surface area contributed by atoms with E-state index in [1.807, 2.05) is 66.1 Å². The van der Waals surface area contributed by atoms with Gasteiger partial charge in [-0.3, -0.25) is 9.78 Å². The number of fused-ring (bicyclic) bond motifs is 1. The third-order valence-corrected chi connectivity index (χ3v) is 4.51. The largest absolute Gasteiger partial charge is 0.335 e. The van der Waals surface area contributed by atoms with Crippen molar-refractivity contribution in [2.24, 2.45) is 0 Å². The lowest BCUT2D eigenvalue weighted by Crippen LogP contribution is -2.31. The number of pyridine rings is 2. The van der Waals surface area contributed by atoms with Gasteiger partial charge in [0.2, 0.25) is 0 Å². The van der Waals surface area contributed by atoms with E-state index in [1.165, 1.54) is 0 Å². The summed E-state index contributed by atoms with van der Waals surface area (Å²) in [4.78, 5) is 23.5. The molecule has 3 heterocycles. The molecule has 0 fully saturated rings. The molecular formula is C20H24N4O. The van der Waals surface area contributed by atoms with Gasteiger partial charge in [0, 0.05) is 31.8 Å². The molecule has 3 rings (SSSR count). The highest BCUT2D eigenvalue weighted by Gasteiger charge is 2.23. The van der Waals surface area contributed by atoms with E-state index >= 15 is 0 Å². The van der Waals surface area contributed by atoms with Crippen LogP contribution < -0.4 is 0 Å². The van der Waals surface area contributed by atoms with Gasteiger partial charge in [-0.05, 0) is 37.1 Å². The molecule has 0 N–H and O–H groups in total. The Morgan fingerprint density at radius 1 is 1.28 bits per heavy atom. The summed E-state index contributed by atoms with van der Waals surface area (Å²) < 4.78 is 1.90. The number of nitrogens with zero attached hydrogens (tertiary/aromatic N) is 4.